The fraction of sp³-hybridized carbons (Fsp3) is 0.385. The van der Waals surface area contributed by atoms with Crippen molar-refractivity contribution in [3.63, 3.8) is 0 Å². The molecule has 3 heteroatoms. The average Bonchev–Trinajstić information content (AvgIpc) is 2.27. The second-order valence-electron chi connectivity index (χ2n) is 3.97. The Morgan fingerprint density at radius 1 is 1.44 bits per heavy atom. The molecule has 0 saturated heterocycles. The van der Waals surface area contributed by atoms with E-state index in [1.807, 2.05) is 32.9 Å². The lowest BCUT2D eigenvalue weighted by atomic mass is 9.92. The van der Waals surface area contributed by atoms with Crippen molar-refractivity contribution in [1.29, 1.82) is 0 Å². The van der Waals surface area contributed by atoms with Gasteiger partial charge in [-0.15, -0.1) is 0 Å². The molecule has 0 saturated carbocycles. The molecular formula is C13H15NO2. The minimum Gasteiger partial charge on any atom is -0.492 e. The molecule has 0 aromatic heterocycles. The van der Waals surface area contributed by atoms with Crippen molar-refractivity contribution in [2.45, 2.75) is 20.8 Å². The molecule has 0 fully saturated rings. The molecule has 0 radical (unpaired) electrons. The lowest BCUT2D eigenvalue weighted by molar-refractivity contribution is 0.0961. The minimum absolute atomic E-state index is 0.129. The van der Waals surface area contributed by atoms with Gasteiger partial charge in [-0.3, -0.25) is 9.79 Å². The van der Waals surface area contributed by atoms with E-state index < -0.39 is 0 Å². The van der Waals surface area contributed by atoms with Crippen LogP contribution in [0.5, 0.6) is 5.75 Å². The third-order valence-corrected chi connectivity index (χ3v) is 2.74. The first-order chi connectivity index (χ1) is 7.65. The average molecular weight is 217 g/mol. The number of Topliss-reactive ketones (excluding diaryl/α,β-unsaturated/α-hetero) is 1. The first kappa shape index (κ1) is 10.9. The van der Waals surface area contributed by atoms with E-state index in [1.54, 1.807) is 6.21 Å². The maximum atomic E-state index is 12.0. The Kier molecular flexibility index (Phi) is 2.77. The largest absolute Gasteiger partial charge is 0.492 e. The van der Waals surface area contributed by atoms with Gasteiger partial charge in [-0.05, 0) is 25.5 Å². The molecule has 1 heterocycles. The Hall–Kier alpha value is -1.64. The Morgan fingerprint density at radius 2 is 2.19 bits per heavy atom. The molecule has 1 aliphatic heterocycles. The van der Waals surface area contributed by atoms with Crippen LogP contribution >= 0.6 is 0 Å². The molecule has 0 aliphatic carbocycles. The molecule has 0 N–H and O–H groups in total. The number of hydrogen-bond acceptors (Lipinski definition) is 3. The summed E-state index contributed by atoms with van der Waals surface area (Å²) in [6.07, 6.45) is 1.69. The van der Waals surface area contributed by atoms with E-state index in [9.17, 15) is 4.79 Å². The van der Waals surface area contributed by atoms with Gasteiger partial charge in [0.2, 0.25) is 0 Å². The topological polar surface area (TPSA) is 38.7 Å². The second-order valence-corrected chi connectivity index (χ2v) is 3.97. The molecule has 1 atom stereocenters. The summed E-state index contributed by atoms with van der Waals surface area (Å²) in [5.74, 6) is 0.687. The molecule has 3 nitrogen and oxygen atoms in total. The summed E-state index contributed by atoms with van der Waals surface area (Å²) in [6.45, 7) is 6.29. The predicted octanol–water partition coefficient (Wildman–Crippen LogP) is 2.93. The SMILES string of the molecule is CCOc1ccc(C)c2c1N=CC(C)C2=O. The highest BCUT2D eigenvalue weighted by molar-refractivity contribution is 6.13. The predicted molar refractivity (Wildman–Crippen MR) is 64.0 cm³/mol. The fourth-order valence-electron chi connectivity index (χ4n) is 1.87. The van der Waals surface area contributed by atoms with E-state index in [0.717, 1.165) is 5.56 Å². The number of rotatable bonds is 2. The molecule has 0 spiro atoms. The van der Waals surface area contributed by atoms with Crippen molar-refractivity contribution in [2.24, 2.45) is 10.9 Å². The second kappa shape index (κ2) is 4.08. The van der Waals surface area contributed by atoms with Crippen molar-refractivity contribution < 1.29 is 9.53 Å². The van der Waals surface area contributed by atoms with Gasteiger partial charge in [-0.25, -0.2) is 0 Å². The quantitative estimate of drug-likeness (QED) is 0.764. The number of carbonyl (C=O) groups is 1. The lowest BCUT2D eigenvalue weighted by Gasteiger charge is -2.18. The molecule has 1 aromatic rings. The van der Waals surface area contributed by atoms with E-state index in [-0.39, 0.29) is 11.7 Å². The summed E-state index contributed by atoms with van der Waals surface area (Å²) in [5.41, 5.74) is 2.36. The molecule has 16 heavy (non-hydrogen) atoms. The third-order valence-electron chi connectivity index (χ3n) is 2.74. The number of ether oxygens (including phenoxy) is 1. The molecule has 2 rings (SSSR count). The lowest BCUT2D eigenvalue weighted by Crippen LogP contribution is -2.18. The Balaban J connectivity index is 2.60. The van der Waals surface area contributed by atoms with Gasteiger partial charge in [0, 0.05) is 6.21 Å². The first-order valence-electron chi connectivity index (χ1n) is 5.50. The van der Waals surface area contributed by atoms with Gasteiger partial charge >= 0.3 is 0 Å². The fourth-order valence-corrected chi connectivity index (χ4v) is 1.87. The summed E-state index contributed by atoms with van der Waals surface area (Å²) in [5, 5.41) is 0. The van der Waals surface area contributed by atoms with E-state index in [4.69, 9.17) is 4.74 Å². The van der Waals surface area contributed by atoms with Gasteiger partial charge in [0.1, 0.15) is 11.4 Å². The Morgan fingerprint density at radius 3 is 2.88 bits per heavy atom. The molecule has 1 aromatic carbocycles. The third kappa shape index (κ3) is 1.62. The molecule has 84 valence electrons. The monoisotopic (exact) mass is 217 g/mol. The van der Waals surface area contributed by atoms with Crippen molar-refractivity contribution in [3.8, 4) is 5.75 Å². The molecular weight excluding hydrogens is 202 g/mol. The number of nitrogens with zero attached hydrogens (tertiary/aromatic N) is 1. The van der Waals surface area contributed by atoms with Crippen LogP contribution in [-0.2, 0) is 0 Å². The van der Waals surface area contributed by atoms with Crippen molar-refractivity contribution >= 4 is 17.7 Å². The van der Waals surface area contributed by atoms with Crippen LogP contribution in [0.2, 0.25) is 0 Å². The van der Waals surface area contributed by atoms with E-state index >= 15 is 0 Å². The Bertz CT molecular complexity index is 463. The van der Waals surface area contributed by atoms with Crippen molar-refractivity contribution in [1.82, 2.24) is 0 Å². The zero-order valence-corrected chi connectivity index (χ0v) is 9.78. The number of aryl methyl sites for hydroxylation is 1. The zero-order chi connectivity index (χ0) is 11.7. The van der Waals surface area contributed by atoms with Gasteiger partial charge in [0.05, 0.1) is 18.1 Å². The summed E-state index contributed by atoms with van der Waals surface area (Å²) >= 11 is 0. The highest BCUT2D eigenvalue weighted by Crippen LogP contribution is 2.37. The van der Waals surface area contributed by atoms with E-state index in [1.165, 1.54) is 0 Å². The van der Waals surface area contributed by atoms with E-state index in [2.05, 4.69) is 4.99 Å². The number of fused-ring (bicyclic) bond motifs is 1. The van der Waals surface area contributed by atoms with Crippen LogP contribution in [0.1, 0.15) is 29.8 Å². The molecule has 0 amide bonds. The smallest absolute Gasteiger partial charge is 0.173 e. The van der Waals surface area contributed by atoms with Crippen molar-refractivity contribution in [3.05, 3.63) is 23.3 Å². The first-order valence-corrected chi connectivity index (χ1v) is 5.50. The standard InChI is InChI=1S/C13H15NO2/c1-4-16-10-6-5-8(2)11-12(10)14-7-9(3)13(11)15/h5-7,9H,4H2,1-3H3. The van der Waals surface area contributed by atoms with Gasteiger partial charge < -0.3 is 4.74 Å². The van der Waals surface area contributed by atoms with Gasteiger partial charge in [0.15, 0.2) is 5.78 Å². The number of benzene rings is 1. The zero-order valence-electron chi connectivity index (χ0n) is 9.78. The summed E-state index contributed by atoms with van der Waals surface area (Å²) in [7, 11) is 0. The van der Waals surface area contributed by atoms with Crippen molar-refractivity contribution in [2.75, 3.05) is 6.61 Å². The Labute approximate surface area is 95.2 Å². The maximum absolute atomic E-state index is 12.0. The molecule has 1 unspecified atom stereocenters. The summed E-state index contributed by atoms with van der Waals surface area (Å²) < 4.78 is 5.48. The maximum Gasteiger partial charge on any atom is 0.173 e. The number of hydrogen-bond donors (Lipinski definition) is 0. The van der Waals surface area contributed by atoms with Gasteiger partial charge in [-0.2, -0.15) is 0 Å². The molecule has 1 aliphatic rings. The van der Waals surface area contributed by atoms with Crippen LogP contribution in [0.4, 0.5) is 5.69 Å². The minimum atomic E-state index is -0.136. The highest BCUT2D eigenvalue weighted by Gasteiger charge is 2.25. The van der Waals surface area contributed by atoms with Crippen LogP contribution in [-0.4, -0.2) is 18.6 Å². The van der Waals surface area contributed by atoms with Crippen LogP contribution < -0.4 is 4.74 Å². The van der Waals surface area contributed by atoms with Crippen LogP contribution in [0.15, 0.2) is 17.1 Å². The summed E-state index contributed by atoms with van der Waals surface area (Å²) in [6, 6.07) is 3.79. The number of carbonyl (C=O) groups excluding carboxylic acids is 1. The highest BCUT2D eigenvalue weighted by atomic mass is 16.5. The van der Waals surface area contributed by atoms with E-state index in [0.29, 0.717) is 23.6 Å². The number of ketones is 1. The normalized spacial score (nSPS) is 18.4. The van der Waals surface area contributed by atoms with Gasteiger partial charge in [-0.1, -0.05) is 13.0 Å². The number of aliphatic imine (C=N–C) groups is 1. The van der Waals surface area contributed by atoms with Crippen LogP contribution in [0.25, 0.3) is 0 Å². The van der Waals surface area contributed by atoms with Crippen LogP contribution in [0.3, 0.4) is 0 Å². The molecule has 0 bridgehead atoms. The van der Waals surface area contributed by atoms with Gasteiger partial charge in [0.25, 0.3) is 0 Å². The summed E-state index contributed by atoms with van der Waals surface area (Å²) in [4.78, 5) is 16.4. The van der Waals surface area contributed by atoms with Crippen LogP contribution in [0, 0.1) is 12.8 Å².